The summed E-state index contributed by atoms with van der Waals surface area (Å²) in [6.07, 6.45) is 3.61. The van der Waals surface area contributed by atoms with Crippen LogP contribution >= 0.6 is 15.9 Å². The number of furan rings is 1. The maximum Gasteiger partial charge on any atom is 0.105 e. The molecule has 1 N–H and O–H groups in total. The summed E-state index contributed by atoms with van der Waals surface area (Å²) in [5, 5.41) is 8.04. The molecule has 0 saturated carbocycles. The number of hydrogen-bond acceptors (Lipinski definition) is 4. The average Bonchev–Trinajstić information content (AvgIpc) is 3.00. The largest absolute Gasteiger partial charge is 0.469 e. The second-order valence-electron chi connectivity index (χ2n) is 5.33. The van der Waals surface area contributed by atoms with Crippen molar-refractivity contribution in [2.45, 2.75) is 26.4 Å². The lowest BCUT2D eigenvalue weighted by Gasteiger charge is -2.21. The lowest BCUT2D eigenvalue weighted by Crippen LogP contribution is -2.27. The first kappa shape index (κ1) is 16.3. The molecular formula is C15H23BrN4O. The standard InChI is InChI=1S/C15H23BrN4O/c1-5-17-14(12-6-9-21-11(12)2)15-13(16)10-18-20(15)8-7-19(3)4/h6,9-10,14,17H,5,7-8H2,1-4H3. The summed E-state index contributed by atoms with van der Waals surface area (Å²) >= 11 is 3.64. The van der Waals surface area contributed by atoms with Gasteiger partial charge in [-0.1, -0.05) is 6.92 Å². The molecule has 0 aromatic carbocycles. The monoisotopic (exact) mass is 354 g/mol. The Bertz CT molecular complexity index is 576. The van der Waals surface area contributed by atoms with Crippen molar-refractivity contribution in [3.8, 4) is 0 Å². The molecule has 0 spiro atoms. The minimum absolute atomic E-state index is 0.0767. The minimum Gasteiger partial charge on any atom is -0.469 e. The van der Waals surface area contributed by atoms with Crippen LogP contribution in [0.15, 0.2) is 27.4 Å². The van der Waals surface area contributed by atoms with Crippen LogP contribution in [-0.2, 0) is 6.54 Å². The molecule has 0 fully saturated rings. The molecule has 0 radical (unpaired) electrons. The molecule has 0 saturated heterocycles. The molecule has 2 aromatic heterocycles. The third kappa shape index (κ3) is 3.75. The van der Waals surface area contributed by atoms with Crippen LogP contribution in [0.4, 0.5) is 0 Å². The van der Waals surface area contributed by atoms with Gasteiger partial charge in [0, 0.05) is 12.1 Å². The molecule has 0 bridgehead atoms. The van der Waals surface area contributed by atoms with Crippen LogP contribution in [0, 0.1) is 6.92 Å². The summed E-state index contributed by atoms with van der Waals surface area (Å²) < 4.78 is 8.56. The molecule has 0 aliphatic carbocycles. The first-order valence-electron chi connectivity index (χ1n) is 7.17. The van der Waals surface area contributed by atoms with Crippen molar-refractivity contribution in [2.24, 2.45) is 0 Å². The van der Waals surface area contributed by atoms with Gasteiger partial charge in [-0.05, 0) is 49.6 Å². The number of halogens is 1. The van der Waals surface area contributed by atoms with Crippen LogP contribution in [-0.4, -0.2) is 41.9 Å². The van der Waals surface area contributed by atoms with Crippen molar-refractivity contribution < 1.29 is 4.42 Å². The number of likely N-dealkylation sites (N-methyl/N-ethyl adjacent to an activating group) is 1. The van der Waals surface area contributed by atoms with Crippen LogP contribution in [0.3, 0.4) is 0 Å². The van der Waals surface area contributed by atoms with Gasteiger partial charge in [0.25, 0.3) is 0 Å². The van der Waals surface area contributed by atoms with E-state index in [2.05, 4.69) is 56.9 Å². The predicted octanol–water partition coefficient (Wildman–Crippen LogP) is 2.81. The molecule has 0 aliphatic heterocycles. The molecule has 2 aromatic rings. The van der Waals surface area contributed by atoms with Gasteiger partial charge in [0.15, 0.2) is 0 Å². The van der Waals surface area contributed by atoms with Gasteiger partial charge in [0.1, 0.15) is 5.76 Å². The molecule has 2 heterocycles. The van der Waals surface area contributed by atoms with Crippen molar-refractivity contribution in [3.05, 3.63) is 40.0 Å². The Morgan fingerprint density at radius 1 is 1.48 bits per heavy atom. The number of aromatic nitrogens is 2. The molecule has 6 heteroatoms. The van der Waals surface area contributed by atoms with Gasteiger partial charge in [-0.3, -0.25) is 4.68 Å². The Kier molecular flexibility index (Phi) is 5.61. The number of nitrogens with zero attached hydrogens (tertiary/aromatic N) is 3. The summed E-state index contributed by atoms with van der Waals surface area (Å²) in [5.74, 6) is 0.938. The van der Waals surface area contributed by atoms with E-state index in [1.807, 2.05) is 19.2 Å². The Balaban J connectivity index is 2.36. The SMILES string of the molecule is CCNC(c1ccoc1C)c1c(Br)cnn1CCN(C)C. The fraction of sp³-hybridized carbons (Fsp3) is 0.533. The highest BCUT2D eigenvalue weighted by Gasteiger charge is 2.23. The van der Waals surface area contributed by atoms with Crippen molar-refractivity contribution in [1.82, 2.24) is 20.0 Å². The van der Waals surface area contributed by atoms with Crippen LogP contribution in [0.25, 0.3) is 0 Å². The lowest BCUT2D eigenvalue weighted by atomic mass is 10.0. The topological polar surface area (TPSA) is 46.2 Å². The van der Waals surface area contributed by atoms with Gasteiger partial charge < -0.3 is 14.6 Å². The summed E-state index contributed by atoms with van der Waals surface area (Å²) in [6.45, 7) is 6.78. The Hall–Kier alpha value is -1.11. The zero-order valence-corrected chi connectivity index (χ0v) is 14.6. The van der Waals surface area contributed by atoms with Gasteiger partial charge in [0.2, 0.25) is 0 Å². The van der Waals surface area contributed by atoms with Crippen molar-refractivity contribution in [1.29, 1.82) is 0 Å². The van der Waals surface area contributed by atoms with Gasteiger partial charge in [-0.25, -0.2) is 0 Å². The zero-order valence-electron chi connectivity index (χ0n) is 13.1. The molecule has 0 aliphatic rings. The van der Waals surface area contributed by atoms with Gasteiger partial charge in [-0.15, -0.1) is 0 Å². The lowest BCUT2D eigenvalue weighted by molar-refractivity contribution is 0.365. The number of aryl methyl sites for hydroxylation is 1. The number of nitrogens with one attached hydrogen (secondary N) is 1. The highest BCUT2D eigenvalue weighted by atomic mass is 79.9. The Labute approximate surface area is 134 Å². The van der Waals surface area contributed by atoms with Gasteiger partial charge >= 0.3 is 0 Å². The molecule has 5 nitrogen and oxygen atoms in total. The molecule has 1 atom stereocenters. The number of rotatable bonds is 7. The molecule has 0 amide bonds. The van der Waals surface area contributed by atoms with E-state index in [-0.39, 0.29) is 6.04 Å². The summed E-state index contributed by atoms with van der Waals surface area (Å²) in [6, 6.07) is 2.10. The second-order valence-corrected chi connectivity index (χ2v) is 6.18. The van der Waals surface area contributed by atoms with Crippen molar-refractivity contribution >= 4 is 15.9 Å². The molecule has 2 rings (SSSR count). The minimum atomic E-state index is 0.0767. The van der Waals surface area contributed by atoms with Crippen molar-refractivity contribution in [2.75, 3.05) is 27.2 Å². The van der Waals surface area contributed by atoms with E-state index in [0.29, 0.717) is 0 Å². The summed E-state index contributed by atoms with van der Waals surface area (Å²) in [7, 11) is 4.14. The molecule has 21 heavy (non-hydrogen) atoms. The third-order valence-corrected chi connectivity index (χ3v) is 4.09. The van der Waals surface area contributed by atoms with Crippen LogP contribution in [0.2, 0.25) is 0 Å². The second kappa shape index (κ2) is 7.24. The molecule has 1 unspecified atom stereocenters. The average molecular weight is 355 g/mol. The molecule has 116 valence electrons. The van der Waals surface area contributed by atoms with E-state index in [0.717, 1.165) is 41.1 Å². The van der Waals surface area contributed by atoms with Gasteiger partial charge in [-0.2, -0.15) is 5.10 Å². The highest BCUT2D eigenvalue weighted by Crippen LogP contribution is 2.30. The Morgan fingerprint density at radius 2 is 2.24 bits per heavy atom. The van der Waals surface area contributed by atoms with E-state index in [1.165, 1.54) is 0 Å². The normalized spacial score (nSPS) is 13.0. The first-order chi connectivity index (χ1) is 10.0. The van der Waals surface area contributed by atoms with Crippen LogP contribution in [0.1, 0.15) is 30.0 Å². The first-order valence-corrected chi connectivity index (χ1v) is 7.97. The van der Waals surface area contributed by atoms with E-state index in [9.17, 15) is 0 Å². The fourth-order valence-corrected chi connectivity index (χ4v) is 2.91. The number of hydrogen-bond donors (Lipinski definition) is 1. The van der Waals surface area contributed by atoms with E-state index in [4.69, 9.17) is 4.42 Å². The third-order valence-electron chi connectivity index (χ3n) is 3.48. The zero-order chi connectivity index (χ0) is 15.4. The van der Waals surface area contributed by atoms with Crippen molar-refractivity contribution in [3.63, 3.8) is 0 Å². The predicted molar refractivity (Wildman–Crippen MR) is 87.4 cm³/mol. The Morgan fingerprint density at radius 3 is 2.81 bits per heavy atom. The summed E-state index contributed by atoms with van der Waals surface area (Å²) in [5.41, 5.74) is 2.30. The van der Waals surface area contributed by atoms with Crippen LogP contribution < -0.4 is 5.32 Å². The molecular weight excluding hydrogens is 332 g/mol. The smallest absolute Gasteiger partial charge is 0.105 e. The quantitative estimate of drug-likeness (QED) is 0.830. The fourth-order valence-electron chi connectivity index (χ4n) is 2.38. The van der Waals surface area contributed by atoms with E-state index >= 15 is 0 Å². The maximum atomic E-state index is 5.47. The van der Waals surface area contributed by atoms with E-state index in [1.54, 1.807) is 6.26 Å². The van der Waals surface area contributed by atoms with Crippen LogP contribution in [0.5, 0.6) is 0 Å². The highest BCUT2D eigenvalue weighted by molar-refractivity contribution is 9.10. The van der Waals surface area contributed by atoms with Gasteiger partial charge in [0.05, 0.1) is 35.2 Å². The summed E-state index contributed by atoms with van der Waals surface area (Å²) in [4.78, 5) is 2.16. The maximum absolute atomic E-state index is 5.47. The van der Waals surface area contributed by atoms with E-state index < -0.39 is 0 Å².